The second kappa shape index (κ2) is 8.84. The summed E-state index contributed by atoms with van der Waals surface area (Å²) < 4.78 is 11.8. The van der Waals surface area contributed by atoms with Gasteiger partial charge in [-0.3, -0.25) is 0 Å². The summed E-state index contributed by atoms with van der Waals surface area (Å²) in [7, 11) is 0. The van der Waals surface area contributed by atoms with Gasteiger partial charge in [-0.15, -0.1) is 0 Å². The maximum Gasteiger partial charge on any atom is 0.415 e. The van der Waals surface area contributed by atoms with E-state index in [9.17, 15) is 9.90 Å². The summed E-state index contributed by atoms with van der Waals surface area (Å²) >= 11 is 5.87. The van der Waals surface area contributed by atoms with Gasteiger partial charge < -0.3 is 25.2 Å². The van der Waals surface area contributed by atoms with E-state index in [0.717, 1.165) is 29.5 Å². The molecule has 0 radical (unpaired) electrons. The Labute approximate surface area is 181 Å². The number of hydrogen-bond donors (Lipinski definition) is 2. The first-order chi connectivity index (χ1) is 14.5. The van der Waals surface area contributed by atoms with Crippen LogP contribution in [0.15, 0.2) is 36.4 Å². The molecule has 0 saturated carbocycles. The summed E-state index contributed by atoms with van der Waals surface area (Å²) in [6.45, 7) is 3.49. The third-order valence-corrected chi connectivity index (χ3v) is 6.42. The first-order valence-electron chi connectivity index (χ1n) is 10.4. The molecule has 2 aromatic carbocycles. The molecule has 0 bridgehead atoms. The van der Waals surface area contributed by atoms with Gasteiger partial charge in [0.2, 0.25) is 0 Å². The highest BCUT2D eigenvalue weighted by Crippen LogP contribution is 2.40. The van der Waals surface area contributed by atoms with Crippen molar-refractivity contribution in [2.24, 2.45) is 11.7 Å². The van der Waals surface area contributed by atoms with Crippen molar-refractivity contribution in [3.8, 4) is 11.5 Å². The molecule has 0 aromatic heterocycles. The second-order valence-corrected chi connectivity index (χ2v) is 8.48. The molecule has 2 aliphatic rings. The highest BCUT2D eigenvalue weighted by molar-refractivity contribution is 6.30. The first-order valence-corrected chi connectivity index (χ1v) is 10.7. The molecule has 4 rings (SSSR count). The molecule has 1 fully saturated rings. The Kier molecular flexibility index (Phi) is 6.18. The molecular weight excluding hydrogens is 404 g/mol. The number of aryl methyl sites for hydroxylation is 1. The SMILES string of the molecule is Cc1ccc2c(c1O)CC(C1CCN(C(=O)Oc3ccc(Cl)cc3)CC1)OC2CN. The zero-order chi connectivity index (χ0) is 21.3. The lowest BCUT2D eigenvalue weighted by molar-refractivity contribution is -0.0633. The number of hydrogen-bond acceptors (Lipinski definition) is 5. The Morgan fingerprint density at radius 2 is 1.93 bits per heavy atom. The van der Waals surface area contributed by atoms with Gasteiger partial charge >= 0.3 is 6.09 Å². The third-order valence-electron chi connectivity index (χ3n) is 6.17. The summed E-state index contributed by atoms with van der Waals surface area (Å²) in [5.74, 6) is 1.13. The molecule has 6 nitrogen and oxygen atoms in total. The monoisotopic (exact) mass is 430 g/mol. The van der Waals surface area contributed by atoms with E-state index in [0.29, 0.717) is 48.5 Å². The van der Waals surface area contributed by atoms with Crippen LogP contribution in [-0.4, -0.2) is 41.8 Å². The number of benzene rings is 2. The molecule has 7 heteroatoms. The van der Waals surface area contributed by atoms with Crippen LogP contribution in [0.4, 0.5) is 4.79 Å². The number of rotatable bonds is 3. The van der Waals surface area contributed by atoms with Crippen LogP contribution >= 0.6 is 11.6 Å². The van der Waals surface area contributed by atoms with Gasteiger partial charge in [-0.25, -0.2) is 4.79 Å². The fourth-order valence-corrected chi connectivity index (χ4v) is 4.53. The molecule has 1 amide bonds. The predicted molar refractivity (Wildman–Crippen MR) is 115 cm³/mol. The van der Waals surface area contributed by atoms with Crippen molar-refractivity contribution in [2.45, 2.75) is 38.4 Å². The molecule has 30 heavy (non-hydrogen) atoms. The standard InChI is InChI=1S/C23H27ClN2O4/c1-14-2-7-18-19(22(14)27)12-20(30-21(18)13-25)15-8-10-26(11-9-15)23(28)29-17-5-3-16(24)4-6-17/h2-7,15,20-21,27H,8-13,25H2,1H3. The maximum atomic E-state index is 12.5. The Morgan fingerprint density at radius 3 is 2.60 bits per heavy atom. The number of ether oxygens (including phenoxy) is 2. The van der Waals surface area contributed by atoms with Gasteiger partial charge in [-0.1, -0.05) is 23.7 Å². The van der Waals surface area contributed by atoms with Crippen LogP contribution in [0.5, 0.6) is 11.5 Å². The molecule has 0 spiro atoms. The van der Waals surface area contributed by atoms with E-state index in [-0.39, 0.29) is 18.3 Å². The van der Waals surface area contributed by atoms with Crippen molar-refractivity contribution in [1.82, 2.24) is 4.90 Å². The average Bonchev–Trinajstić information content (AvgIpc) is 2.77. The van der Waals surface area contributed by atoms with E-state index in [1.807, 2.05) is 19.1 Å². The quantitative estimate of drug-likeness (QED) is 0.762. The topological polar surface area (TPSA) is 85.0 Å². The van der Waals surface area contributed by atoms with Crippen molar-refractivity contribution in [3.05, 3.63) is 58.1 Å². The van der Waals surface area contributed by atoms with Crippen molar-refractivity contribution < 1.29 is 19.4 Å². The van der Waals surface area contributed by atoms with Gasteiger partial charge in [-0.05, 0) is 61.1 Å². The minimum atomic E-state index is -0.348. The van der Waals surface area contributed by atoms with Crippen molar-refractivity contribution >= 4 is 17.7 Å². The average molecular weight is 431 g/mol. The molecule has 2 heterocycles. The highest BCUT2D eigenvalue weighted by atomic mass is 35.5. The number of phenolic OH excluding ortho intramolecular Hbond substituents is 1. The number of fused-ring (bicyclic) bond motifs is 1. The number of nitrogens with zero attached hydrogens (tertiary/aromatic N) is 1. The lowest BCUT2D eigenvalue weighted by Gasteiger charge is -2.40. The minimum Gasteiger partial charge on any atom is -0.507 e. The van der Waals surface area contributed by atoms with Gasteiger partial charge in [-0.2, -0.15) is 0 Å². The molecule has 3 N–H and O–H groups in total. The minimum absolute atomic E-state index is 0.0202. The summed E-state index contributed by atoms with van der Waals surface area (Å²) in [5.41, 5.74) is 8.76. The number of halogens is 1. The highest BCUT2D eigenvalue weighted by Gasteiger charge is 2.36. The number of nitrogens with two attached hydrogens (primary N) is 1. The van der Waals surface area contributed by atoms with Gasteiger partial charge in [0.1, 0.15) is 11.5 Å². The number of likely N-dealkylation sites (tertiary alicyclic amines) is 1. The lowest BCUT2D eigenvalue weighted by atomic mass is 9.83. The van der Waals surface area contributed by atoms with Crippen LogP contribution in [0.3, 0.4) is 0 Å². The molecule has 2 atom stereocenters. The smallest absolute Gasteiger partial charge is 0.415 e. The van der Waals surface area contributed by atoms with Gasteiger partial charge in [0, 0.05) is 36.6 Å². The number of carbonyl (C=O) groups is 1. The third kappa shape index (κ3) is 4.26. The van der Waals surface area contributed by atoms with Crippen LogP contribution < -0.4 is 10.5 Å². The Hall–Kier alpha value is -2.28. The van der Waals surface area contributed by atoms with E-state index in [1.165, 1.54) is 0 Å². The van der Waals surface area contributed by atoms with Crippen LogP contribution in [0.2, 0.25) is 5.02 Å². The summed E-state index contributed by atoms with van der Waals surface area (Å²) in [6.07, 6.45) is 1.73. The van der Waals surface area contributed by atoms with E-state index in [1.54, 1.807) is 29.2 Å². The van der Waals surface area contributed by atoms with Crippen LogP contribution in [0, 0.1) is 12.8 Å². The molecule has 2 aromatic rings. The molecule has 1 saturated heterocycles. The summed E-state index contributed by atoms with van der Waals surface area (Å²) in [5, 5.41) is 11.2. The lowest BCUT2D eigenvalue weighted by Crippen LogP contribution is -2.45. The molecule has 2 unspecified atom stereocenters. The number of carbonyl (C=O) groups excluding carboxylic acids is 1. The Morgan fingerprint density at radius 1 is 1.23 bits per heavy atom. The second-order valence-electron chi connectivity index (χ2n) is 8.05. The normalized spacial score (nSPS) is 21.9. The van der Waals surface area contributed by atoms with Gasteiger partial charge in [0.25, 0.3) is 0 Å². The van der Waals surface area contributed by atoms with Crippen LogP contribution in [0.1, 0.15) is 35.6 Å². The summed E-state index contributed by atoms with van der Waals surface area (Å²) in [4.78, 5) is 14.2. The Balaban J connectivity index is 1.38. The molecule has 0 aliphatic carbocycles. The molecule has 160 valence electrons. The number of piperidine rings is 1. The maximum absolute atomic E-state index is 12.5. The fourth-order valence-electron chi connectivity index (χ4n) is 4.40. The van der Waals surface area contributed by atoms with Crippen LogP contribution in [0.25, 0.3) is 0 Å². The number of phenols is 1. The zero-order valence-corrected chi connectivity index (χ0v) is 17.8. The van der Waals surface area contributed by atoms with E-state index >= 15 is 0 Å². The molecule has 2 aliphatic heterocycles. The predicted octanol–water partition coefficient (Wildman–Crippen LogP) is 4.21. The van der Waals surface area contributed by atoms with E-state index in [4.69, 9.17) is 26.8 Å². The largest absolute Gasteiger partial charge is 0.507 e. The number of amides is 1. The van der Waals surface area contributed by atoms with Crippen LogP contribution in [-0.2, 0) is 11.2 Å². The van der Waals surface area contributed by atoms with Crippen molar-refractivity contribution in [3.63, 3.8) is 0 Å². The van der Waals surface area contributed by atoms with E-state index < -0.39 is 0 Å². The molecular formula is C23H27ClN2O4. The van der Waals surface area contributed by atoms with Gasteiger partial charge in [0.15, 0.2) is 0 Å². The number of aromatic hydroxyl groups is 1. The Bertz CT molecular complexity index is 910. The van der Waals surface area contributed by atoms with E-state index in [2.05, 4.69) is 0 Å². The fraction of sp³-hybridized carbons (Fsp3) is 0.435. The summed E-state index contributed by atoms with van der Waals surface area (Å²) in [6, 6.07) is 10.7. The van der Waals surface area contributed by atoms with Crippen molar-refractivity contribution in [2.75, 3.05) is 19.6 Å². The van der Waals surface area contributed by atoms with Crippen molar-refractivity contribution in [1.29, 1.82) is 0 Å². The zero-order valence-electron chi connectivity index (χ0n) is 17.0. The van der Waals surface area contributed by atoms with Gasteiger partial charge in [0.05, 0.1) is 12.2 Å². The first kappa shape index (κ1) is 21.0.